The molecule has 0 aliphatic rings. The first-order chi connectivity index (χ1) is 15.3. The van der Waals surface area contributed by atoms with Gasteiger partial charge in [-0.05, 0) is 13.8 Å². The van der Waals surface area contributed by atoms with E-state index in [1.807, 2.05) is 25.5 Å². The second kappa shape index (κ2) is 7.32. The number of nitrogens with zero attached hydrogens (tertiary/aromatic N) is 7. The zero-order chi connectivity index (χ0) is 22.7. The second-order valence-corrected chi connectivity index (χ2v) is 9.61. The lowest BCUT2D eigenvalue weighted by Gasteiger charge is -2.00. The third-order valence-corrected chi connectivity index (χ3v) is 7.20. The van der Waals surface area contributed by atoms with Crippen molar-refractivity contribution < 1.29 is 5.11 Å². The van der Waals surface area contributed by atoms with Crippen LogP contribution in [0.1, 0.15) is 10.0 Å². The molecule has 0 aliphatic heterocycles. The summed E-state index contributed by atoms with van der Waals surface area (Å²) in [6.45, 7) is 3.47. The van der Waals surface area contributed by atoms with Crippen LogP contribution < -0.4 is 11.1 Å². The summed E-state index contributed by atoms with van der Waals surface area (Å²) in [7, 11) is 3.64. The number of thiazole rings is 2. The van der Waals surface area contributed by atoms with E-state index in [1.165, 1.54) is 0 Å². The maximum Gasteiger partial charge on any atom is 0.293 e. The Balaban J connectivity index is 0.000000136. The van der Waals surface area contributed by atoms with Crippen LogP contribution in [0.25, 0.3) is 42.5 Å². The number of aryl methyl sites for hydroxylation is 4. The number of hydrogen-bond acceptors (Lipinski definition) is 9. The fourth-order valence-electron chi connectivity index (χ4n) is 3.81. The quantitative estimate of drug-likeness (QED) is 0.374. The Kier molecular flexibility index (Phi) is 4.69. The Morgan fingerprint density at radius 2 is 1.50 bits per heavy atom. The van der Waals surface area contributed by atoms with Crippen molar-refractivity contribution in [3.05, 3.63) is 43.1 Å². The van der Waals surface area contributed by atoms with E-state index in [1.54, 1.807) is 46.7 Å². The summed E-state index contributed by atoms with van der Waals surface area (Å²) in [6.07, 6.45) is 3.28. The zero-order valence-corrected chi connectivity index (χ0v) is 19.2. The molecule has 0 aliphatic carbocycles. The highest BCUT2D eigenvalue weighted by atomic mass is 32.1. The molecule has 0 bridgehead atoms. The van der Waals surface area contributed by atoms with Gasteiger partial charge in [0.05, 0.1) is 31.8 Å². The molecule has 0 radical (unpaired) electrons. The molecule has 0 atom stereocenters. The van der Waals surface area contributed by atoms with E-state index in [9.17, 15) is 9.59 Å². The maximum atomic E-state index is 12.0. The smallest absolute Gasteiger partial charge is 0.293 e. The van der Waals surface area contributed by atoms with Crippen molar-refractivity contribution in [2.45, 2.75) is 20.6 Å². The summed E-state index contributed by atoms with van der Waals surface area (Å²) in [5.74, 6) is 0. The fourth-order valence-corrected chi connectivity index (χ4v) is 5.73. The molecule has 13 heteroatoms. The van der Waals surface area contributed by atoms with Gasteiger partial charge < -0.3 is 14.2 Å². The predicted molar refractivity (Wildman–Crippen MR) is 124 cm³/mol. The number of aliphatic hydroxyl groups excluding tert-OH is 1. The number of aliphatic hydroxyl groups is 1. The minimum atomic E-state index is -0.417. The molecule has 2 N–H and O–H groups in total. The van der Waals surface area contributed by atoms with Crippen molar-refractivity contribution in [3.8, 4) is 0 Å². The van der Waals surface area contributed by atoms with Gasteiger partial charge in [0.25, 0.3) is 11.1 Å². The Hall–Kier alpha value is -3.42. The Morgan fingerprint density at radius 1 is 0.938 bits per heavy atom. The van der Waals surface area contributed by atoms with E-state index in [0.717, 1.165) is 46.2 Å². The lowest BCUT2D eigenvalue weighted by atomic mass is 10.4. The van der Waals surface area contributed by atoms with Gasteiger partial charge >= 0.3 is 0 Å². The van der Waals surface area contributed by atoms with Gasteiger partial charge in [0.15, 0.2) is 11.3 Å². The molecule has 6 aromatic rings. The fraction of sp³-hybridized carbons (Fsp3) is 0.263. The predicted octanol–water partition coefficient (Wildman–Crippen LogP) is 1.78. The van der Waals surface area contributed by atoms with Crippen LogP contribution in [0.2, 0.25) is 0 Å². The normalized spacial score (nSPS) is 11.7. The minimum Gasteiger partial charge on any atom is -0.374 e. The highest BCUT2D eigenvalue weighted by molar-refractivity contribution is 7.19. The summed E-state index contributed by atoms with van der Waals surface area (Å²) in [4.78, 5) is 32.4. The number of rotatable bonds is 1. The summed E-state index contributed by atoms with van der Waals surface area (Å²) >= 11 is 3.13. The first-order valence-electron chi connectivity index (χ1n) is 9.53. The van der Waals surface area contributed by atoms with Crippen LogP contribution in [0.3, 0.4) is 0 Å². The van der Waals surface area contributed by atoms with Crippen molar-refractivity contribution in [2.75, 3.05) is 0 Å². The minimum absolute atomic E-state index is 0.169. The molecule has 6 aromatic heterocycles. The van der Waals surface area contributed by atoms with Gasteiger partial charge in [0.1, 0.15) is 17.8 Å². The number of hydrogen-bond donors (Lipinski definition) is 2. The molecule has 0 saturated heterocycles. The first-order valence-corrected chi connectivity index (χ1v) is 11.2. The van der Waals surface area contributed by atoms with Gasteiger partial charge in [-0.15, -0.1) is 22.7 Å². The van der Waals surface area contributed by atoms with Crippen LogP contribution in [-0.4, -0.2) is 44.2 Å². The molecule has 32 heavy (non-hydrogen) atoms. The molecule has 0 fully saturated rings. The van der Waals surface area contributed by atoms with Crippen LogP contribution in [0.15, 0.2) is 22.0 Å². The largest absolute Gasteiger partial charge is 0.374 e. The molecular weight excluding hydrogens is 452 g/mol. The van der Waals surface area contributed by atoms with E-state index < -0.39 is 6.73 Å². The van der Waals surface area contributed by atoms with E-state index >= 15 is 0 Å². The van der Waals surface area contributed by atoms with Crippen LogP contribution in [0, 0.1) is 13.8 Å². The number of fused-ring (bicyclic) bond motifs is 6. The topological polar surface area (TPSA) is 137 Å². The van der Waals surface area contributed by atoms with Gasteiger partial charge in [-0.3, -0.25) is 9.59 Å². The van der Waals surface area contributed by atoms with E-state index in [4.69, 9.17) is 5.11 Å². The maximum absolute atomic E-state index is 12.0. The second-order valence-electron chi connectivity index (χ2n) is 7.20. The van der Waals surface area contributed by atoms with Crippen LogP contribution in [-0.2, 0) is 20.8 Å². The Labute approximate surface area is 187 Å². The van der Waals surface area contributed by atoms with Crippen molar-refractivity contribution in [2.24, 2.45) is 14.1 Å². The number of aromatic amines is 1. The molecule has 0 saturated carbocycles. The van der Waals surface area contributed by atoms with E-state index in [2.05, 4.69) is 25.3 Å². The number of aromatic nitrogens is 8. The third-order valence-electron chi connectivity index (χ3n) is 5.21. The highest BCUT2D eigenvalue weighted by Gasteiger charge is 2.17. The van der Waals surface area contributed by atoms with Crippen molar-refractivity contribution in [1.82, 2.24) is 39.1 Å². The van der Waals surface area contributed by atoms with Gasteiger partial charge in [-0.2, -0.15) is 10.2 Å². The molecule has 6 rings (SSSR count). The molecule has 164 valence electrons. The number of nitrogens with one attached hydrogen (secondary N) is 1. The standard InChI is InChI=1S/C10H10N4O2S.C9H8N4OS/c1-5-12-9-8(17-5)6-3-11-14(4-15)10(16)7(6)13(9)2;1-4-11-8-7(15-4)5-3-10-12-9(14)6(5)13(8)2/h3,15H,4H2,1-2H3;3H,1-2H3,(H,12,14). The van der Waals surface area contributed by atoms with Crippen molar-refractivity contribution in [1.29, 1.82) is 0 Å². The van der Waals surface area contributed by atoms with Crippen LogP contribution >= 0.6 is 22.7 Å². The number of H-pyrrole nitrogens is 1. The summed E-state index contributed by atoms with van der Waals surface area (Å²) in [5.41, 5.74) is 2.35. The van der Waals surface area contributed by atoms with Crippen molar-refractivity contribution >= 4 is 65.2 Å². The first kappa shape index (κ1) is 20.5. The highest BCUT2D eigenvalue weighted by Crippen LogP contribution is 2.30. The van der Waals surface area contributed by atoms with Crippen LogP contribution in [0.5, 0.6) is 0 Å². The van der Waals surface area contributed by atoms with Gasteiger partial charge in [0.2, 0.25) is 0 Å². The van der Waals surface area contributed by atoms with Crippen molar-refractivity contribution in [3.63, 3.8) is 0 Å². The Morgan fingerprint density at radius 3 is 2.09 bits per heavy atom. The van der Waals surface area contributed by atoms with Gasteiger partial charge in [-0.25, -0.2) is 19.7 Å². The molecule has 0 unspecified atom stereocenters. The Bertz CT molecular complexity index is 1760. The molecule has 0 spiro atoms. The monoisotopic (exact) mass is 470 g/mol. The average Bonchev–Trinajstić information content (AvgIpc) is 3.46. The summed E-state index contributed by atoms with van der Waals surface area (Å²) in [6, 6.07) is 0. The SMILES string of the molecule is Cc1nc2c(s1)c1cn[nH]c(=O)c1n2C.Cc1nc2c(s1)c1cnn(CO)c(=O)c1n2C. The lowest BCUT2D eigenvalue weighted by molar-refractivity contribution is 0.189. The summed E-state index contributed by atoms with van der Waals surface area (Å²) in [5, 5.41) is 22.8. The van der Waals surface area contributed by atoms with E-state index in [0.29, 0.717) is 11.0 Å². The average molecular weight is 471 g/mol. The molecular formula is C19H18N8O3S2. The zero-order valence-electron chi connectivity index (χ0n) is 17.6. The van der Waals surface area contributed by atoms with E-state index in [-0.39, 0.29) is 11.1 Å². The molecule has 0 amide bonds. The lowest BCUT2D eigenvalue weighted by Crippen LogP contribution is -2.23. The molecule has 0 aromatic carbocycles. The molecule has 11 nitrogen and oxygen atoms in total. The third kappa shape index (κ3) is 2.89. The van der Waals surface area contributed by atoms with Crippen LogP contribution in [0.4, 0.5) is 0 Å². The molecule has 6 heterocycles. The summed E-state index contributed by atoms with van der Waals surface area (Å²) < 4.78 is 6.59. The van der Waals surface area contributed by atoms with Gasteiger partial charge in [0, 0.05) is 24.9 Å². The van der Waals surface area contributed by atoms with Gasteiger partial charge in [-0.1, -0.05) is 0 Å².